The second-order valence-electron chi connectivity index (χ2n) is 8.85. The number of carbonyl (C=O) groups is 1. The zero-order valence-corrected chi connectivity index (χ0v) is 19.7. The van der Waals surface area contributed by atoms with Crippen molar-refractivity contribution in [1.82, 2.24) is 10.2 Å². The van der Waals surface area contributed by atoms with Gasteiger partial charge in [-0.15, -0.1) is 0 Å². The number of nitrogens with zero attached hydrogens (tertiary/aromatic N) is 2. The maximum absolute atomic E-state index is 13.2. The van der Waals surface area contributed by atoms with Gasteiger partial charge in [0, 0.05) is 38.4 Å². The Kier molecular flexibility index (Phi) is 7.85. The fourth-order valence-corrected chi connectivity index (χ4v) is 4.19. The molecular weight excluding hydrogens is 433 g/mol. The van der Waals surface area contributed by atoms with Crippen LogP contribution in [-0.2, 0) is 4.79 Å². The van der Waals surface area contributed by atoms with Crippen LogP contribution < -0.4 is 15.0 Å². The second kappa shape index (κ2) is 11.2. The molecule has 1 aromatic heterocycles. The topological polar surface area (TPSA) is 58.0 Å². The first kappa shape index (κ1) is 23.8. The van der Waals surface area contributed by atoms with E-state index in [-0.39, 0.29) is 24.4 Å². The maximum Gasteiger partial charge on any atom is 0.258 e. The summed E-state index contributed by atoms with van der Waals surface area (Å²) < 4.78 is 24.6. The molecule has 1 fully saturated rings. The van der Waals surface area contributed by atoms with Crippen LogP contribution >= 0.6 is 0 Å². The summed E-state index contributed by atoms with van der Waals surface area (Å²) >= 11 is 0. The quantitative estimate of drug-likeness (QED) is 0.501. The lowest BCUT2D eigenvalue weighted by atomic mass is 10.0. The second-order valence-corrected chi connectivity index (χ2v) is 8.85. The van der Waals surface area contributed by atoms with Gasteiger partial charge in [0.2, 0.25) is 0 Å². The van der Waals surface area contributed by atoms with Crippen LogP contribution in [0.25, 0.3) is 0 Å². The molecule has 0 aliphatic carbocycles. The van der Waals surface area contributed by atoms with Crippen molar-refractivity contribution in [3.63, 3.8) is 0 Å². The third-order valence-corrected chi connectivity index (χ3v) is 6.23. The zero-order chi connectivity index (χ0) is 23.9. The first-order valence-corrected chi connectivity index (χ1v) is 11.8. The molecule has 1 atom stereocenters. The highest BCUT2D eigenvalue weighted by atomic mass is 19.1. The molecule has 3 aromatic rings. The Morgan fingerprint density at radius 3 is 2.35 bits per heavy atom. The minimum absolute atomic E-state index is 0.0375. The molecule has 2 heterocycles. The van der Waals surface area contributed by atoms with Crippen LogP contribution in [0.2, 0.25) is 0 Å². The van der Waals surface area contributed by atoms with Gasteiger partial charge in [0.05, 0.1) is 12.3 Å². The largest absolute Gasteiger partial charge is 0.484 e. The molecule has 0 spiro atoms. The van der Waals surface area contributed by atoms with Crippen molar-refractivity contribution in [3.05, 3.63) is 84.1 Å². The summed E-state index contributed by atoms with van der Waals surface area (Å²) in [6.07, 6.45) is 1.66. The number of halogens is 1. The van der Waals surface area contributed by atoms with Crippen molar-refractivity contribution in [2.45, 2.75) is 25.8 Å². The minimum Gasteiger partial charge on any atom is -0.484 e. The number of hydrogen-bond acceptors (Lipinski definition) is 5. The normalized spacial score (nSPS) is 15.4. The van der Waals surface area contributed by atoms with Gasteiger partial charge in [0.15, 0.2) is 6.61 Å². The molecule has 180 valence electrons. The maximum atomic E-state index is 13.2. The van der Waals surface area contributed by atoms with Crippen molar-refractivity contribution in [2.24, 2.45) is 0 Å². The third-order valence-electron chi connectivity index (χ3n) is 6.23. The lowest BCUT2D eigenvalue weighted by Gasteiger charge is -2.39. The summed E-state index contributed by atoms with van der Waals surface area (Å²) in [5.41, 5.74) is 2.25. The molecule has 34 heavy (non-hydrogen) atoms. The smallest absolute Gasteiger partial charge is 0.258 e. The fraction of sp³-hybridized carbons (Fsp3) is 0.370. The van der Waals surface area contributed by atoms with E-state index in [0.29, 0.717) is 18.2 Å². The van der Waals surface area contributed by atoms with E-state index >= 15 is 0 Å². The Labute approximate surface area is 200 Å². The minimum atomic E-state index is -0.229. The van der Waals surface area contributed by atoms with Crippen LogP contribution in [0.1, 0.15) is 37.1 Å². The average molecular weight is 466 g/mol. The Morgan fingerprint density at radius 2 is 1.74 bits per heavy atom. The Hall–Kier alpha value is -3.32. The van der Waals surface area contributed by atoms with Gasteiger partial charge in [0.1, 0.15) is 17.3 Å². The summed E-state index contributed by atoms with van der Waals surface area (Å²) in [7, 11) is 0. The summed E-state index contributed by atoms with van der Waals surface area (Å²) in [6, 6.07) is 18.2. The molecule has 7 heteroatoms. The van der Waals surface area contributed by atoms with Gasteiger partial charge in [-0.1, -0.05) is 26.0 Å². The molecule has 1 unspecified atom stereocenters. The predicted octanol–water partition coefficient (Wildman–Crippen LogP) is 4.60. The van der Waals surface area contributed by atoms with Gasteiger partial charge in [-0.3, -0.25) is 9.69 Å². The van der Waals surface area contributed by atoms with Crippen LogP contribution in [0.5, 0.6) is 5.75 Å². The molecule has 4 rings (SSSR count). The van der Waals surface area contributed by atoms with Crippen LogP contribution in [0, 0.1) is 5.82 Å². The van der Waals surface area contributed by atoms with E-state index < -0.39 is 0 Å². The zero-order valence-electron chi connectivity index (χ0n) is 19.7. The molecule has 1 aliphatic rings. The Bertz CT molecular complexity index is 1030. The highest BCUT2D eigenvalue weighted by Crippen LogP contribution is 2.25. The highest BCUT2D eigenvalue weighted by Gasteiger charge is 2.27. The lowest BCUT2D eigenvalue weighted by molar-refractivity contribution is -0.123. The van der Waals surface area contributed by atoms with E-state index in [0.717, 1.165) is 37.6 Å². The number of rotatable bonds is 9. The van der Waals surface area contributed by atoms with Gasteiger partial charge in [0.25, 0.3) is 5.91 Å². The number of benzene rings is 2. The average Bonchev–Trinajstić information content (AvgIpc) is 3.39. The van der Waals surface area contributed by atoms with Crippen LogP contribution in [-0.4, -0.2) is 50.1 Å². The number of piperazine rings is 1. The number of anilines is 1. The van der Waals surface area contributed by atoms with E-state index in [4.69, 9.17) is 9.15 Å². The SMILES string of the molecule is CC(C)c1ccc(OCC(=O)NCC(c2ccco2)N2CCN(c3ccc(F)cc3)CC2)cc1. The van der Waals surface area contributed by atoms with E-state index in [1.165, 1.54) is 17.7 Å². The summed E-state index contributed by atoms with van der Waals surface area (Å²) in [5.74, 6) is 1.55. The number of carbonyl (C=O) groups excluding carboxylic acids is 1. The van der Waals surface area contributed by atoms with Crippen molar-refractivity contribution in [3.8, 4) is 5.75 Å². The van der Waals surface area contributed by atoms with Gasteiger partial charge < -0.3 is 19.4 Å². The third kappa shape index (κ3) is 6.17. The van der Waals surface area contributed by atoms with Gasteiger partial charge in [-0.05, 0) is 60.0 Å². The first-order valence-electron chi connectivity index (χ1n) is 11.8. The van der Waals surface area contributed by atoms with Crippen LogP contribution in [0.15, 0.2) is 71.3 Å². The number of hydrogen-bond donors (Lipinski definition) is 1. The standard InChI is InChI=1S/C27H32FN3O3/c1-20(2)21-5-11-24(12-6-21)34-19-27(32)29-18-25(26-4-3-17-33-26)31-15-13-30(14-16-31)23-9-7-22(28)8-10-23/h3-12,17,20,25H,13-16,18-19H2,1-2H3,(H,29,32). The van der Waals surface area contributed by atoms with E-state index in [1.54, 1.807) is 6.26 Å². The molecular formula is C27H32FN3O3. The van der Waals surface area contributed by atoms with E-state index in [2.05, 4.69) is 29.0 Å². The molecule has 0 radical (unpaired) electrons. The number of furan rings is 1. The number of amides is 1. The molecule has 6 nitrogen and oxygen atoms in total. The fourth-order valence-electron chi connectivity index (χ4n) is 4.19. The van der Waals surface area contributed by atoms with Gasteiger partial charge in [-0.25, -0.2) is 4.39 Å². The molecule has 1 N–H and O–H groups in total. The van der Waals surface area contributed by atoms with Crippen LogP contribution in [0.3, 0.4) is 0 Å². The van der Waals surface area contributed by atoms with Crippen molar-refractivity contribution < 1.29 is 18.3 Å². The number of ether oxygens (including phenoxy) is 1. The summed E-state index contributed by atoms with van der Waals surface area (Å²) in [5, 5.41) is 3.00. The molecule has 2 aromatic carbocycles. The summed E-state index contributed by atoms with van der Waals surface area (Å²) in [4.78, 5) is 17.0. The van der Waals surface area contributed by atoms with E-state index in [9.17, 15) is 9.18 Å². The molecule has 1 aliphatic heterocycles. The van der Waals surface area contributed by atoms with Crippen molar-refractivity contribution >= 4 is 11.6 Å². The highest BCUT2D eigenvalue weighted by molar-refractivity contribution is 5.77. The van der Waals surface area contributed by atoms with Gasteiger partial charge >= 0.3 is 0 Å². The Balaban J connectivity index is 1.30. The molecule has 1 saturated heterocycles. The monoisotopic (exact) mass is 465 g/mol. The lowest BCUT2D eigenvalue weighted by Crippen LogP contribution is -2.50. The molecule has 0 saturated carbocycles. The van der Waals surface area contributed by atoms with Crippen molar-refractivity contribution in [1.29, 1.82) is 0 Å². The van der Waals surface area contributed by atoms with E-state index in [1.807, 2.05) is 48.5 Å². The molecule has 1 amide bonds. The summed E-state index contributed by atoms with van der Waals surface area (Å²) in [6.45, 7) is 7.90. The predicted molar refractivity (Wildman–Crippen MR) is 131 cm³/mol. The van der Waals surface area contributed by atoms with Gasteiger partial charge in [-0.2, -0.15) is 0 Å². The van der Waals surface area contributed by atoms with Crippen molar-refractivity contribution in [2.75, 3.05) is 44.2 Å². The number of nitrogens with one attached hydrogen (secondary N) is 1. The Morgan fingerprint density at radius 1 is 1.03 bits per heavy atom. The molecule has 0 bridgehead atoms. The van der Waals surface area contributed by atoms with Crippen LogP contribution in [0.4, 0.5) is 10.1 Å². The first-order chi connectivity index (χ1) is 16.5.